The SMILES string of the molecule is CCCC(O)CC(=O)OC1C(OC2C(COC(C)=O)OC(OCC(O)CCCCCCCCCCCCC(=O)C(=O)O)C(O)C2O)OC(CO)C(O)C1O. The van der Waals surface area contributed by atoms with E-state index < -0.39 is 117 Å². The predicted molar refractivity (Wildman–Crippen MR) is 185 cm³/mol. The lowest BCUT2D eigenvalue weighted by atomic mass is 9.96. The van der Waals surface area contributed by atoms with Crippen LogP contribution >= 0.6 is 0 Å². The number of Topliss-reactive ketones (excluding diaryl/α,β-unsaturated/α-hetero) is 1. The first-order valence-corrected chi connectivity index (χ1v) is 19.1. The molecule has 2 aliphatic rings. The standard InChI is InChI=1S/C36H62O18/c1-3-14-22(39)17-27(42)53-33-29(44)28(43)25(18-37)51-36(33)54-32-26(20-49-21(2)38)52-35(31(46)30(32)45)50-19-23(40)15-12-10-8-6-4-5-7-9-11-13-16-24(41)34(47)48/h22-23,25-26,28-33,35-37,39-40,43-46H,3-20H2,1-2H3,(H,47,48). The zero-order valence-electron chi connectivity index (χ0n) is 31.3. The van der Waals surface area contributed by atoms with E-state index in [0.29, 0.717) is 32.1 Å². The van der Waals surface area contributed by atoms with E-state index in [9.17, 15) is 54.9 Å². The average molecular weight is 783 g/mol. The van der Waals surface area contributed by atoms with Crippen LogP contribution in [0.4, 0.5) is 0 Å². The molecule has 0 aromatic carbocycles. The Morgan fingerprint density at radius 1 is 0.704 bits per heavy atom. The molecule has 2 heterocycles. The van der Waals surface area contributed by atoms with Gasteiger partial charge in [-0.25, -0.2) is 4.79 Å². The number of carbonyl (C=O) groups excluding carboxylic acids is 3. The molecule has 0 aromatic rings. The number of hydrogen-bond donors (Lipinski definition) is 8. The topological polar surface area (TPSA) is 286 Å². The van der Waals surface area contributed by atoms with E-state index in [1.807, 2.05) is 0 Å². The van der Waals surface area contributed by atoms with Crippen molar-refractivity contribution in [2.24, 2.45) is 0 Å². The quantitative estimate of drug-likeness (QED) is 0.0309. The lowest BCUT2D eigenvalue weighted by molar-refractivity contribution is -0.361. The van der Waals surface area contributed by atoms with E-state index in [1.54, 1.807) is 6.92 Å². The third-order valence-corrected chi connectivity index (χ3v) is 9.38. The van der Waals surface area contributed by atoms with Gasteiger partial charge >= 0.3 is 17.9 Å². The second kappa shape index (κ2) is 25.7. The molecule has 18 nitrogen and oxygen atoms in total. The van der Waals surface area contributed by atoms with Crippen LogP contribution in [0.5, 0.6) is 0 Å². The maximum atomic E-state index is 12.6. The number of aliphatic carboxylic acids is 1. The highest BCUT2D eigenvalue weighted by molar-refractivity contribution is 6.32. The number of carboxylic acids is 1. The molecule has 0 radical (unpaired) electrons. The zero-order valence-corrected chi connectivity index (χ0v) is 31.3. The molecule has 2 rings (SSSR count). The number of ketones is 1. The Morgan fingerprint density at radius 3 is 1.85 bits per heavy atom. The summed E-state index contributed by atoms with van der Waals surface area (Å²) in [5.74, 6) is -3.79. The van der Waals surface area contributed by atoms with Gasteiger partial charge in [0.15, 0.2) is 18.7 Å². The number of aliphatic hydroxyl groups excluding tert-OH is 7. The van der Waals surface area contributed by atoms with Gasteiger partial charge in [0.2, 0.25) is 5.78 Å². The molecule has 0 bridgehead atoms. The molecule has 0 amide bonds. The van der Waals surface area contributed by atoms with Crippen molar-refractivity contribution >= 4 is 23.7 Å². The molecule has 0 aromatic heterocycles. The number of carboxylic acid groups (broad SMARTS) is 1. The summed E-state index contributed by atoms with van der Waals surface area (Å²) in [6.45, 7) is 1.40. The fourth-order valence-corrected chi connectivity index (χ4v) is 6.29. The Kier molecular flexibility index (Phi) is 22.8. The minimum absolute atomic E-state index is 0.0754. The normalized spacial score (nSPS) is 29.6. The summed E-state index contributed by atoms with van der Waals surface area (Å²) < 4.78 is 33.3. The highest BCUT2D eigenvalue weighted by Gasteiger charge is 2.52. The van der Waals surface area contributed by atoms with Crippen LogP contribution in [-0.2, 0) is 47.6 Å². The first-order chi connectivity index (χ1) is 25.7. The smallest absolute Gasteiger partial charge is 0.372 e. The van der Waals surface area contributed by atoms with Gasteiger partial charge < -0.3 is 69.3 Å². The van der Waals surface area contributed by atoms with Crippen molar-refractivity contribution in [2.45, 2.75) is 184 Å². The summed E-state index contributed by atoms with van der Waals surface area (Å²) in [7, 11) is 0. The molecule has 0 saturated carbocycles. The number of carbonyl (C=O) groups is 4. The van der Waals surface area contributed by atoms with Gasteiger partial charge in [-0.1, -0.05) is 71.1 Å². The van der Waals surface area contributed by atoms with Gasteiger partial charge in [-0.3, -0.25) is 14.4 Å². The molecule has 0 aliphatic carbocycles. The number of esters is 2. The van der Waals surface area contributed by atoms with Crippen molar-refractivity contribution in [3.05, 3.63) is 0 Å². The van der Waals surface area contributed by atoms with Gasteiger partial charge in [0.1, 0.15) is 49.3 Å². The molecule has 314 valence electrons. The molecule has 12 atom stereocenters. The Labute approximate surface area is 315 Å². The monoisotopic (exact) mass is 782 g/mol. The lowest BCUT2D eigenvalue weighted by Gasteiger charge is -2.46. The molecule has 2 aliphatic heterocycles. The highest BCUT2D eigenvalue weighted by Crippen LogP contribution is 2.31. The van der Waals surface area contributed by atoms with Crippen LogP contribution in [0.2, 0.25) is 0 Å². The molecular formula is C36H62O18. The second-order valence-electron chi connectivity index (χ2n) is 14.0. The maximum Gasteiger partial charge on any atom is 0.372 e. The van der Waals surface area contributed by atoms with Crippen molar-refractivity contribution in [3.63, 3.8) is 0 Å². The second-order valence-corrected chi connectivity index (χ2v) is 14.0. The van der Waals surface area contributed by atoms with Gasteiger partial charge in [-0.15, -0.1) is 0 Å². The van der Waals surface area contributed by atoms with Gasteiger partial charge in [0, 0.05) is 13.3 Å². The van der Waals surface area contributed by atoms with Crippen molar-refractivity contribution < 1.29 is 88.5 Å². The maximum absolute atomic E-state index is 12.6. The van der Waals surface area contributed by atoms with Crippen LogP contribution in [-0.4, -0.2) is 158 Å². The Hall–Kier alpha value is -2.36. The van der Waals surface area contributed by atoms with E-state index in [1.165, 1.54) is 0 Å². The molecule has 8 N–H and O–H groups in total. The van der Waals surface area contributed by atoms with E-state index >= 15 is 0 Å². The number of hydrogen-bond acceptors (Lipinski definition) is 17. The van der Waals surface area contributed by atoms with Crippen molar-refractivity contribution in [2.75, 3.05) is 19.8 Å². The van der Waals surface area contributed by atoms with E-state index in [2.05, 4.69) is 0 Å². The van der Waals surface area contributed by atoms with Crippen molar-refractivity contribution in [1.82, 2.24) is 0 Å². The van der Waals surface area contributed by atoms with E-state index in [-0.39, 0.29) is 13.0 Å². The third-order valence-electron chi connectivity index (χ3n) is 9.38. The molecule has 12 unspecified atom stereocenters. The Morgan fingerprint density at radius 2 is 1.28 bits per heavy atom. The first kappa shape index (κ1) is 47.8. The number of ether oxygens (including phenoxy) is 6. The average Bonchev–Trinajstić information content (AvgIpc) is 3.12. The van der Waals surface area contributed by atoms with Crippen molar-refractivity contribution in [1.29, 1.82) is 0 Å². The number of unbranched alkanes of at least 4 members (excludes halogenated alkanes) is 9. The van der Waals surface area contributed by atoms with Crippen LogP contribution in [0.15, 0.2) is 0 Å². The van der Waals surface area contributed by atoms with Crippen LogP contribution in [0.25, 0.3) is 0 Å². The summed E-state index contributed by atoms with van der Waals surface area (Å²) in [6.07, 6.45) is -8.34. The molecule has 18 heteroatoms. The summed E-state index contributed by atoms with van der Waals surface area (Å²) in [5, 5.41) is 82.2. The van der Waals surface area contributed by atoms with Gasteiger partial charge in [0.05, 0.1) is 31.8 Å². The Balaban J connectivity index is 1.88. The van der Waals surface area contributed by atoms with E-state index in [4.69, 9.17) is 33.5 Å². The fraction of sp³-hybridized carbons (Fsp3) is 0.889. The molecule has 2 fully saturated rings. The summed E-state index contributed by atoms with van der Waals surface area (Å²) >= 11 is 0. The minimum atomic E-state index is -1.83. The van der Waals surface area contributed by atoms with Gasteiger partial charge in [-0.05, 0) is 19.3 Å². The van der Waals surface area contributed by atoms with E-state index in [0.717, 1.165) is 58.3 Å². The third kappa shape index (κ3) is 16.8. The highest BCUT2D eigenvalue weighted by atomic mass is 16.8. The fourth-order valence-electron chi connectivity index (χ4n) is 6.29. The summed E-state index contributed by atoms with van der Waals surface area (Å²) in [6, 6.07) is 0. The molecule has 0 spiro atoms. The summed E-state index contributed by atoms with van der Waals surface area (Å²) in [4.78, 5) is 45.9. The largest absolute Gasteiger partial charge is 0.476 e. The van der Waals surface area contributed by atoms with Crippen LogP contribution in [0.3, 0.4) is 0 Å². The van der Waals surface area contributed by atoms with Crippen LogP contribution < -0.4 is 0 Å². The van der Waals surface area contributed by atoms with Gasteiger partial charge in [0.25, 0.3) is 0 Å². The number of aliphatic hydroxyl groups is 7. The van der Waals surface area contributed by atoms with Crippen LogP contribution in [0, 0.1) is 0 Å². The predicted octanol–water partition coefficient (Wildman–Crippen LogP) is -0.00430. The molecular weight excluding hydrogens is 720 g/mol. The minimum Gasteiger partial charge on any atom is -0.476 e. The molecule has 2 saturated heterocycles. The Bertz CT molecular complexity index is 1110. The zero-order chi connectivity index (χ0) is 40.2. The van der Waals surface area contributed by atoms with Gasteiger partial charge in [-0.2, -0.15) is 0 Å². The van der Waals surface area contributed by atoms with Crippen LogP contribution in [0.1, 0.15) is 110 Å². The first-order valence-electron chi connectivity index (χ1n) is 19.1. The summed E-state index contributed by atoms with van der Waals surface area (Å²) in [5.41, 5.74) is 0. The van der Waals surface area contributed by atoms with Crippen molar-refractivity contribution in [3.8, 4) is 0 Å². The lowest BCUT2D eigenvalue weighted by Crippen LogP contribution is -2.65. The molecule has 54 heavy (non-hydrogen) atoms. The number of rotatable bonds is 27.